The number of aromatic nitrogens is 1. The highest BCUT2D eigenvalue weighted by Crippen LogP contribution is 2.12. The van der Waals surface area contributed by atoms with Gasteiger partial charge in [-0.3, -0.25) is 4.90 Å². The Kier molecular flexibility index (Phi) is 5.07. The predicted octanol–water partition coefficient (Wildman–Crippen LogP) is 0.937. The van der Waals surface area contributed by atoms with Crippen LogP contribution >= 0.6 is 0 Å². The summed E-state index contributed by atoms with van der Waals surface area (Å²) >= 11 is 0. The van der Waals surface area contributed by atoms with Crippen LogP contribution in [0.2, 0.25) is 0 Å². The lowest BCUT2D eigenvalue weighted by molar-refractivity contribution is 0.217. The van der Waals surface area contributed by atoms with Crippen LogP contribution in [0.4, 0.5) is 5.82 Å². The summed E-state index contributed by atoms with van der Waals surface area (Å²) in [5.41, 5.74) is 1.16. The molecule has 0 bridgehead atoms. The van der Waals surface area contributed by atoms with Crippen molar-refractivity contribution in [3.05, 3.63) is 23.9 Å². The van der Waals surface area contributed by atoms with Crippen LogP contribution in [0, 0.1) is 0 Å². The molecule has 0 aromatic carbocycles. The van der Waals surface area contributed by atoms with Crippen LogP contribution in [0.5, 0.6) is 0 Å². The number of nitrogens with zero attached hydrogens (tertiary/aromatic N) is 2. The minimum absolute atomic E-state index is 0.188. The molecule has 1 rings (SSSR count). The van der Waals surface area contributed by atoms with Crippen LogP contribution in [0.15, 0.2) is 18.3 Å². The molecule has 1 heterocycles. The second-order valence-electron chi connectivity index (χ2n) is 3.50. The van der Waals surface area contributed by atoms with Crippen molar-refractivity contribution in [3.8, 4) is 0 Å². The first-order chi connectivity index (χ1) is 7.27. The zero-order valence-electron chi connectivity index (χ0n) is 9.40. The molecule has 0 amide bonds. The largest absolute Gasteiger partial charge is 0.395 e. The fourth-order valence-corrected chi connectivity index (χ4v) is 1.43. The normalized spacial score (nSPS) is 10.7. The summed E-state index contributed by atoms with van der Waals surface area (Å²) in [5, 5.41) is 12.0. The van der Waals surface area contributed by atoms with Gasteiger partial charge in [0.2, 0.25) is 0 Å². The summed E-state index contributed by atoms with van der Waals surface area (Å²) < 4.78 is 0. The molecule has 15 heavy (non-hydrogen) atoms. The van der Waals surface area contributed by atoms with Crippen LogP contribution in [-0.2, 0) is 6.54 Å². The summed E-state index contributed by atoms with van der Waals surface area (Å²) in [4.78, 5) is 6.35. The first kappa shape index (κ1) is 11.9. The van der Waals surface area contributed by atoms with Crippen LogP contribution < -0.4 is 5.32 Å². The van der Waals surface area contributed by atoms with Gasteiger partial charge in [-0.2, -0.15) is 0 Å². The van der Waals surface area contributed by atoms with Crippen molar-refractivity contribution in [2.45, 2.75) is 13.5 Å². The van der Waals surface area contributed by atoms with E-state index in [-0.39, 0.29) is 6.61 Å². The monoisotopic (exact) mass is 209 g/mol. The third kappa shape index (κ3) is 3.85. The fraction of sp³-hybridized carbons (Fsp3) is 0.545. The Labute approximate surface area is 90.9 Å². The Morgan fingerprint density at radius 2 is 2.33 bits per heavy atom. The van der Waals surface area contributed by atoms with Crippen LogP contribution in [0.25, 0.3) is 0 Å². The van der Waals surface area contributed by atoms with Gasteiger partial charge in [0.15, 0.2) is 0 Å². The molecule has 0 fully saturated rings. The average Bonchev–Trinajstić information content (AvgIpc) is 2.21. The Bertz CT molecular complexity index is 291. The second-order valence-corrected chi connectivity index (χ2v) is 3.50. The van der Waals surface area contributed by atoms with Crippen LogP contribution in [0.3, 0.4) is 0 Å². The highest BCUT2D eigenvalue weighted by atomic mass is 16.3. The van der Waals surface area contributed by atoms with E-state index >= 15 is 0 Å². The zero-order chi connectivity index (χ0) is 11.1. The number of rotatable bonds is 6. The van der Waals surface area contributed by atoms with Crippen molar-refractivity contribution >= 4 is 5.82 Å². The molecule has 0 saturated heterocycles. The molecule has 1 aromatic rings. The van der Waals surface area contributed by atoms with E-state index < -0.39 is 0 Å². The number of anilines is 1. The van der Waals surface area contributed by atoms with Crippen molar-refractivity contribution in [2.75, 3.05) is 32.1 Å². The molecule has 0 aliphatic carbocycles. The smallest absolute Gasteiger partial charge is 0.130 e. The number of aliphatic hydroxyl groups excluding tert-OH is 1. The standard InChI is InChI=1S/C11H19N3O/c1-3-12-11-10(5-4-6-13-11)9-14(2)7-8-15/h4-6,15H,3,7-9H2,1-2H3,(H,12,13). The van der Waals surface area contributed by atoms with Crippen molar-refractivity contribution in [1.29, 1.82) is 0 Å². The minimum atomic E-state index is 0.188. The molecule has 1 aromatic heterocycles. The summed E-state index contributed by atoms with van der Waals surface area (Å²) in [7, 11) is 1.99. The Morgan fingerprint density at radius 3 is 3.00 bits per heavy atom. The lowest BCUT2D eigenvalue weighted by Crippen LogP contribution is -2.22. The predicted molar refractivity (Wildman–Crippen MR) is 61.8 cm³/mol. The van der Waals surface area contributed by atoms with Gasteiger partial charge in [-0.25, -0.2) is 4.98 Å². The van der Waals surface area contributed by atoms with Gasteiger partial charge < -0.3 is 10.4 Å². The number of likely N-dealkylation sites (N-methyl/N-ethyl adjacent to an activating group) is 1. The van der Waals surface area contributed by atoms with Crippen molar-refractivity contribution in [2.24, 2.45) is 0 Å². The van der Waals surface area contributed by atoms with E-state index in [4.69, 9.17) is 5.11 Å². The fourth-order valence-electron chi connectivity index (χ4n) is 1.43. The number of hydrogen-bond donors (Lipinski definition) is 2. The molecule has 0 atom stereocenters. The first-order valence-corrected chi connectivity index (χ1v) is 5.25. The molecule has 0 saturated carbocycles. The maximum absolute atomic E-state index is 8.81. The van der Waals surface area contributed by atoms with E-state index in [0.29, 0.717) is 6.54 Å². The van der Waals surface area contributed by atoms with Gasteiger partial charge in [0, 0.05) is 31.4 Å². The molecule has 4 heteroatoms. The lowest BCUT2D eigenvalue weighted by atomic mass is 10.2. The summed E-state index contributed by atoms with van der Waals surface area (Å²) in [6.07, 6.45) is 1.79. The Hall–Kier alpha value is -1.13. The quantitative estimate of drug-likeness (QED) is 0.732. The van der Waals surface area contributed by atoms with Gasteiger partial charge in [0.05, 0.1) is 6.61 Å². The lowest BCUT2D eigenvalue weighted by Gasteiger charge is -2.17. The zero-order valence-corrected chi connectivity index (χ0v) is 9.40. The maximum atomic E-state index is 8.81. The molecule has 0 aliphatic heterocycles. The van der Waals surface area contributed by atoms with E-state index in [1.807, 2.05) is 13.1 Å². The van der Waals surface area contributed by atoms with Gasteiger partial charge >= 0.3 is 0 Å². The molecule has 0 unspecified atom stereocenters. The first-order valence-electron chi connectivity index (χ1n) is 5.25. The van der Waals surface area contributed by atoms with E-state index in [1.54, 1.807) is 6.20 Å². The summed E-state index contributed by atoms with van der Waals surface area (Å²) in [6, 6.07) is 3.99. The minimum Gasteiger partial charge on any atom is -0.395 e. The molecule has 0 aliphatic rings. The molecule has 2 N–H and O–H groups in total. The third-order valence-corrected chi connectivity index (χ3v) is 2.16. The van der Waals surface area contributed by atoms with Crippen molar-refractivity contribution in [1.82, 2.24) is 9.88 Å². The maximum Gasteiger partial charge on any atom is 0.130 e. The molecule has 84 valence electrons. The Balaban J connectivity index is 2.66. The van der Waals surface area contributed by atoms with E-state index in [0.717, 1.165) is 24.5 Å². The van der Waals surface area contributed by atoms with Crippen molar-refractivity contribution < 1.29 is 5.11 Å². The van der Waals surface area contributed by atoms with Crippen molar-refractivity contribution in [3.63, 3.8) is 0 Å². The van der Waals surface area contributed by atoms with E-state index in [2.05, 4.69) is 28.2 Å². The van der Waals surface area contributed by atoms with Gasteiger partial charge in [-0.15, -0.1) is 0 Å². The van der Waals surface area contributed by atoms with E-state index in [1.165, 1.54) is 0 Å². The second kappa shape index (κ2) is 6.37. The summed E-state index contributed by atoms with van der Waals surface area (Å²) in [6.45, 7) is 4.59. The third-order valence-electron chi connectivity index (χ3n) is 2.16. The van der Waals surface area contributed by atoms with Gasteiger partial charge in [0.1, 0.15) is 5.82 Å². The molecule has 0 radical (unpaired) electrons. The molecule has 0 spiro atoms. The average molecular weight is 209 g/mol. The number of aliphatic hydroxyl groups is 1. The van der Waals surface area contributed by atoms with Crippen LogP contribution in [-0.4, -0.2) is 41.7 Å². The highest BCUT2D eigenvalue weighted by molar-refractivity contribution is 5.43. The number of nitrogens with one attached hydrogen (secondary N) is 1. The van der Waals surface area contributed by atoms with Crippen LogP contribution in [0.1, 0.15) is 12.5 Å². The SMILES string of the molecule is CCNc1ncccc1CN(C)CCO. The van der Waals surface area contributed by atoms with Gasteiger partial charge in [0.25, 0.3) is 0 Å². The Morgan fingerprint density at radius 1 is 1.53 bits per heavy atom. The summed E-state index contributed by atoms with van der Waals surface area (Å²) in [5.74, 6) is 0.935. The molecular weight excluding hydrogens is 190 g/mol. The molecule has 4 nitrogen and oxygen atoms in total. The van der Waals surface area contributed by atoms with Gasteiger partial charge in [-0.1, -0.05) is 6.07 Å². The highest BCUT2D eigenvalue weighted by Gasteiger charge is 2.04. The number of pyridine rings is 1. The van der Waals surface area contributed by atoms with Gasteiger partial charge in [-0.05, 0) is 20.0 Å². The number of hydrogen-bond acceptors (Lipinski definition) is 4. The van der Waals surface area contributed by atoms with E-state index in [9.17, 15) is 0 Å². The topological polar surface area (TPSA) is 48.4 Å². The molecular formula is C11H19N3O.